The number of halogens is 1. The molecule has 0 bridgehead atoms. The second-order valence-corrected chi connectivity index (χ2v) is 6.51. The van der Waals surface area contributed by atoms with Crippen molar-refractivity contribution < 1.29 is 9.53 Å². The lowest BCUT2D eigenvalue weighted by Crippen LogP contribution is -2.29. The monoisotopic (exact) mass is 395 g/mol. The van der Waals surface area contributed by atoms with Gasteiger partial charge in [0, 0.05) is 10.0 Å². The highest BCUT2D eigenvalue weighted by Gasteiger charge is 2.17. The van der Waals surface area contributed by atoms with Crippen molar-refractivity contribution >= 4 is 21.8 Å². The number of nitrogens with one attached hydrogen (secondary N) is 1. The van der Waals surface area contributed by atoms with Gasteiger partial charge in [0.05, 0.1) is 13.2 Å². The molecule has 3 aromatic carbocycles. The molecule has 0 aliphatic heterocycles. The number of hydrogen-bond donors (Lipinski definition) is 1. The third kappa shape index (κ3) is 4.28. The number of methoxy groups -OCH3 is 1. The normalized spacial score (nSPS) is 11.6. The summed E-state index contributed by atoms with van der Waals surface area (Å²) in [6.45, 7) is 0. The van der Waals surface area contributed by atoms with E-state index in [0.717, 1.165) is 21.3 Å². The molecule has 0 spiro atoms. The van der Waals surface area contributed by atoms with Crippen molar-refractivity contribution in [3.63, 3.8) is 0 Å². The van der Waals surface area contributed by atoms with Gasteiger partial charge in [-0.25, -0.2) is 0 Å². The van der Waals surface area contributed by atoms with E-state index in [0.29, 0.717) is 5.56 Å². The summed E-state index contributed by atoms with van der Waals surface area (Å²) in [5, 5.41) is 3.13. The van der Waals surface area contributed by atoms with Gasteiger partial charge in [-0.3, -0.25) is 4.79 Å². The maximum absolute atomic E-state index is 12.7. The smallest absolute Gasteiger partial charge is 0.252 e. The maximum Gasteiger partial charge on any atom is 0.252 e. The Kier molecular flexibility index (Phi) is 5.51. The van der Waals surface area contributed by atoms with E-state index in [2.05, 4.69) is 21.2 Å². The summed E-state index contributed by atoms with van der Waals surface area (Å²) in [6, 6.07) is 24.8. The zero-order chi connectivity index (χ0) is 17.6. The highest BCUT2D eigenvalue weighted by molar-refractivity contribution is 9.10. The van der Waals surface area contributed by atoms with Gasteiger partial charge in [0.1, 0.15) is 5.75 Å². The Morgan fingerprint density at radius 2 is 1.48 bits per heavy atom. The molecule has 3 rings (SSSR count). The minimum absolute atomic E-state index is 0.114. The Bertz CT molecular complexity index is 830. The van der Waals surface area contributed by atoms with Gasteiger partial charge in [-0.2, -0.15) is 0 Å². The molecule has 4 heteroatoms. The lowest BCUT2D eigenvalue weighted by Gasteiger charge is -2.20. The molecular formula is C21H18BrNO2. The van der Waals surface area contributed by atoms with Crippen LogP contribution in [-0.4, -0.2) is 13.0 Å². The largest absolute Gasteiger partial charge is 0.497 e. The molecule has 0 aliphatic rings. The molecule has 3 nitrogen and oxygen atoms in total. The van der Waals surface area contributed by atoms with Gasteiger partial charge >= 0.3 is 0 Å². The first-order chi connectivity index (χ1) is 12.2. The van der Waals surface area contributed by atoms with Crippen molar-refractivity contribution in [1.82, 2.24) is 5.32 Å². The molecule has 0 heterocycles. The van der Waals surface area contributed by atoms with Crippen LogP contribution in [0, 0.1) is 0 Å². The zero-order valence-electron chi connectivity index (χ0n) is 13.8. The Hall–Kier alpha value is -2.59. The highest BCUT2D eigenvalue weighted by atomic mass is 79.9. The van der Waals surface area contributed by atoms with Crippen LogP contribution in [0.2, 0.25) is 0 Å². The molecule has 0 radical (unpaired) electrons. The Morgan fingerprint density at radius 1 is 0.880 bits per heavy atom. The quantitative estimate of drug-likeness (QED) is 0.661. The van der Waals surface area contributed by atoms with Crippen molar-refractivity contribution in [2.75, 3.05) is 7.11 Å². The summed E-state index contributed by atoms with van der Waals surface area (Å²) in [5.41, 5.74) is 2.65. The standard InChI is InChI=1S/C21H18BrNO2/c1-25-19-13-9-16(10-14-19)20(15-5-3-2-4-6-15)23-21(24)17-7-11-18(22)12-8-17/h2-14,20H,1H3,(H,23,24). The molecule has 1 unspecified atom stereocenters. The molecule has 126 valence electrons. The number of amides is 1. The van der Waals surface area contributed by atoms with Gasteiger partial charge in [0.2, 0.25) is 0 Å². The molecule has 0 saturated carbocycles. The van der Waals surface area contributed by atoms with Crippen LogP contribution < -0.4 is 10.1 Å². The van der Waals surface area contributed by atoms with Crippen LogP contribution in [0.4, 0.5) is 0 Å². The van der Waals surface area contributed by atoms with E-state index in [1.165, 1.54) is 0 Å². The molecule has 0 aromatic heterocycles. The van der Waals surface area contributed by atoms with Crippen LogP contribution in [0.1, 0.15) is 27.5 Å². The first-order valence-electron chi connectivity index (χ1n) is 7.92. The minimum Gasteiger partial charge on any atom is -0.497 e. The number of benzene rings is 3. The number of hydrogen-bond acceptors (Lipinski definition) is 2. The third-order valence-corrected chi connectivity index (χ3v) is 4.49. The molecule has 0 aliphatic carbocycles. The average Bonchev–Trinajstić information content (AvgIpc) is 2.67. The fourth-order valence-electron chi connectivity index (χ4n) is 2.62. The van der Waals surface area contributed by atoms with E-state index in [4.69, 9.17) is 4.74 Å². The van der Waals surface area contributed by atoms with E-state index in [9.17, 15) is 4.79 Å². The van der Waals surface area contributed by atoms with Crippen LogP contribution >= 0.6 is 15.9 Å². The number of carbonyl (C=O) groups is 1. The first-order valence-corrected chi connectivity index (χ1v) is 8.72. The summed E-state index contributed by atoms with van der Waals surface area (Å²) in [4.78, 5) is 12.7. The molecule has 1 N–H and O–H groups in total. The summed E-state index contributed by atoms with van der Waals surface area (Å²) in [5.74, 6) is 0.673. The molecular weight excluding hydrogens is 378 g/mol. The summed E-state index contributed by atoms with van der Waals surface area (Å²) < 4.78 is 6.17. The number of rotatable bonds is 5. The van der Waals surface area contributed by atoms with Gasteiger partial charge < -0.3 is 10.1 Å². The second-order valence-electron chi connectivity index (χ2n) is 5.60. The minimum atomic E-state index is -0.233. The Balaban J connectivity index is 1.90. The van der Waals surface area contributed by atoms with Crippen molar-refractivity contribution in [3.05, 3.63) is 100 Å². The van der Waals surface area contributed by atoms with E-state index in [-0.39, 0.29) is 11.9 Å². The van der Waals surface area contributed by atoms with Crippen LogP contribution in [0.3, 0.4) is 0 Å². The van der Waals surface area contributed by atoms with Crippen molar-refractivity contribution in [2.24, 2.45) is 0 Å². The Labute approximate surface area is 155 Å². The van der Waals surface area contributed by atoms with Gasteiger partial charge in [-0.1, -0.05) is 58.4 Å². The summed E-state index contributed by atoms with van der Waals surface area (Å²) >= 11 is 3.39. The fourth-order valence-corrected chi connectivity index (χ4v) is 2.88. The van der Waals surface area contributed by atoms with Crippen molar-refractivity contribution in [3.8, 4) is 5.75 Å². The SMILES string of the molecule is COc1ccc(C(NC(=O)c2ccc(Br)cc2)c2ccccc2)cc1. The maximum atomic E-state index is 12.7. The van der Waals surface area contributed by atoms with Crippen molar-refractivity contribution in [1.29, 1.82) is 0 Å². The zero-order valence-corrected chi connectivity index (χ0v) is 15.4. The summed E-state index contributed by atoms with van der Waals surface area (Å²) in [6.07, 6.45) is 0. The average molecular weight is 396 g/mol. The van der Waals surface area contributed by atoms with E-state index < -0.39 is 0 Å². The lowest BCUT2D eigenvalue weighted by molar-refractivity contribution is 0.0943. The molecule has 25 heavy (non-hydrogen) atoms. The van der Waals surface area contributed by atoms with Gasteiger partial charge in [0.25, 0.3) is 5.91 Å². The molecule has 0 saturated heterocycles. The Morgan fingerprint density at radius 3 is 2.08 bits per heavy atom. The van der Waals surface area contributed by atoms with E-state index in [1.54, 1.807) is 19.2 Å². The third-order valence-electron chi connectivity index (χ3n) is 3.96. The first kappa shape index (κ1) is 17.2. The predicted molar refractivity (Wildman–Crippen MR) is 103 cm³/mol. The second kappa shape index (κ2) is 7.99. The highest BCUT2D eigenvalue weighted by Crippen LogP contribution is 2.24. The fraction of sp³-hybridized carbons (Fsp3) is 0.0952. The number of ether oxygens (including phenoxy) is 1. The number of carbonyl (C=O) groups excluding carboxylic acids is 1. The van der Waals surface area contributed by atoms with Crippen LogP contribution in [-0.2, 0) is 0 Å². The molecule has 0 fully saturated rings. The van der Waals surface area contributed by atoms with E-state index in [1.807, 2.05) is 66.7 Å². The van der Waals surface area contributed by atoms with Crippen LogP contribution in [0.15, 0.2) is 83.3 Å². The molecule has 3 aromatic rings. The summed E-state index contributed by atoms with van der Waals surface area (Å²) in [7, 11) is 1.64. The predicted octanol–water partition coefficient (Wildman–Crippen LogP) is 4.98. The van der Waals surface area contributed by atoms with Crippen LogP contribution in [0.5, 0.6) is 5.75 Å². The van der Waals surface area contributed by atoms with Gasteiger partial charge in [-0.05, 0) is 47.5 Å². The molecule has 1 amide bonds. The lowest BCUT2D eigenvalue weighted by atomic mass is 9.98. The molecule has 1 atom stereocenters. The van der Waals surface area contributed by atoms with Crippen molar-refractivity contribution in [2.45, 2.75) is 6.04 Å². The van der Waals surface area contributed by atoms with Gasteiger partial charge in [-0.15, -0.1) is 0 Å². The van der Waals surface area contributed by atoms with Crippen LogP contribution in [0.25, 0.3) is 0 Å². The van der Waals surface area contributed by atoms with Gasteiger partial charge in [0.15, 0.2) is 0 Å². The van der Waals surface area contributed by atoms with E-state index >= 15 is 0 Å². The topological polar surface area (TPSA) is 38.3 Å².